The summed E-state index contributed by atoms with van der Waals surface area (Å²) in [5.41, 5.74) is -0.924. The number of carbonyl (C=O) groups excluding carboxylic acids is 4. The lowest BCUT2D eigenvalue weighted by molar-refractivity contribution is -0.138. The van der Waals surface area contributed by atoms with Crippen molar-refractivity contribution in [1.82, 2.24) is 10.2 Å². The van der Waals surface area contributed by atoms with Gasteiger partial charge in [-0.1, -0.05) is 13.0 Å². The molecule has 0 radical (unpaired) electrons. The van der Waals surface area contributed by atoms with Gasteiger partial charge in [0.05, 0.1) is 30.3 Å². The molecule has 3 saturated heterocycles. The molecule has 12 nitrogen and oxygen atoms in total. The number of aryl methyl sites for hydroxylation is 1. The summed E-state index contributed by atoms with van der Waals surface area (Å²) in [6.07, 6.45) is -1.81. The van der Waals surface area contributed by atoms with E-state index in [0.29, 0.717) is 42.3 Å². The maximum Gasteiger partial charge on any atom is 0.417 e. The molecule has 4 amide bonds. The topological polar surface area (TPSA) is 147 Å². The number of imide groups is 1. The second-order valence-electron chi connectivity index (χ2n) is 14.7. The molecule has 0 spiro atoms. The first-order valence-corrected chi connectivity index (χ1v) is 19.0. The minimum absolute atomic E-state index is 0. The first-order chi connectivity index (χ1) is 26.6. The Hall–Kier alpha value is -4.98. The van der Waals surface area contributed by atoms with Gasteiger partial charge in [0.25, 0.3) is 5.91 Å². The molecule has 3 aromatic rings. The van der Waals surface area contributed by atoms with Crippen LogP contribution in [0.15, 0.2) is 60.7 Å². The molecule has 6 rings (SSSR count). The van der Waals surface area contributed by atoms with E-state index < -0.39 is 40.3 Å². The van der Waals surface area contributed by atoms with Crippen molar-refractivity contribution < 1.29 is 37.1 Å². The van der Waals surface area contributed by atoms with Gasteiger partial charge in [0, 0.05) is 29.2 Å². The fourth-order valence-electron chi connectivity index (χ4n) is 7.40. The predicted octanol–water partition coefficient (Wildman–Crippen LogP) is 6.35. The Morgan fingerprint density at radius 2 is 1.72 bits per heavy atom. The van der Waals surface area contributed by atoms with Crippen molar-refractivity contribution in [3.05, 3.63) is 77.4 Å². The van der Waals surface area contributed by atoms with Crippen molar-refractivity contribution in [3.63, 3.8) is 0 Å². The fourth-order valence-corrected chi connectivity index (χ4v) is 8.06. The lowest BCUT2D eigenvalue weighted by atomic mass is 9.97. The van der Waals surface area contributed by atoms with Gasteiger partial charge in [-0.15, -0.1) is 25.0 Å². The van der Waals surface area contributed by atoms with E-state index in [2.05, 4.69) is 20.9 Å². The van der Waals surface area contributed by atoms with Gasteiger partial charge >= 0.3 is 6.18 Å². The summed E-state index contributed by atoms with van der Waals surface area (Å²) in [6.45, 7) is 7.53. The van der Waals surface area contributed by atoms with E-state index in [0.717, 1.165) is 43.6 Å². The number of nitrogens with zero attached hydrogens (tertiary/aromatic N) is 4. The van der Waals surface area contributed by atoms with Crippen LogP contribution in [0.1, 0.15) is 63.1 Å². The Bertz CT molecular complexity index is 2050. The van der Waals surface area contributed by atoms with Crippen LogP contribution < -0.4 is 30.5 Å². The quantitative estimate of drug-likeness (QED) is 0.128. The highest BCUT2D eigenvalue weighted by Gasteiger charge is 2.52. The van der Waals surface area contributed by atoms with E-state index >= 15 is 0 Å². The minimum Gasteiger partial charge on any atom is -0.493 e. The number of nitriles is 1. The summed E-state index contributed by atoms with van der Waals surface area (Å²) < 4.78 is 47.6. The second kappa shape index (κ2) is 17.7. The summed E-state index contributed by atoms with van der Waals surface area (Å²) in [7, 11) is 0. The van der Waals surface area contributed by atoms with Gasteiger partial charge in [0.1, 0.15) is 17.3 Å². The number of alkyl halides is 3. The molecule has 3 heterocycles. The maximum absolute atomic E-state index is 13.8. The van der Waals surface area contributed by atoms with Crippen molar-refractivity contribution in [2.75, 3.05) is 46.7 Å². The van der Waals surface area contributed by atoms with E-state index in [1.54, 1.807) is 49.1 Å². The number of benzene rings is 3. The van der Waals surface area contributed by atoms with E-state index in [1.807, 2.05) is 25.1 Å². The van der Waals surface area contributed by atoms with Crippen LogP contribution in [-0.4, -0.2) is 71.8 Å². The van der Waals surface area contributed by atoms with Crippen LogP contribution in [0.2, 0.25) is 0 Å². The van der Waals surface area contributed by atoms with Gasteiger partial charge in [-0.2, -0.15) is 18.4 Å². The zero-order valence-corrected chi connectivity index (χ0v) is 33.4. The summed E-state index contributed by atoms with van der Waals surface area (Å²) in [5, 5.41) is 17.6. The number of halogens is 4. The molecule has 3 aliphatic heterocycles. The molecule has 304 valence electrons. The Morgan fingerprint density at radius 3 is 2.39 bits per heavy atom. The summed E-state index contributed by atoms with van der Waals surface area (Å²) in [5.74, 6) is -0.270. The second-order valence-corrected chi connectivity index (χ2v) is 15.2. The number of thiol groups is 1. The van der Waals surface area contributed by atoms with Crippen molar-refractivity contribution >= 4 is 71.4 Å². The SMILES string of the molecule is CCc1cc(N2C(S)N(c3ccc(C#N)c(C(F)(F)F)c3)C(=O)C2(C)C)ccc1OCC1CCN(CC(=O)Nc2cccc(NC3CCC(=O)NC3=O)c2)CC1.Cl. The average molecular weight is 828 g/mol. The number of rotatable bonds is 11. The number of ether oxygens (including phenoxy) is 1. The van der Waals surface area contributed by atoms with Crippen LogP contribution >= 0.6 is 25.0 Å². The molecule has 3 fully saturated rings. The normalized spacial score (nSPS) is 20.1. The molecular weight excluding hydrogens is 783 g/mol. The third-order valence-corrected chi connectivity index (χ3v) is 11.0. The number of hydrogen-bond acceptors (Lipinski definition) is 10. The summed E-state index contributed by atoms with van der Waals surface area (Å²) in [6, 6.07) is 17.0. The molecule has 0 saturated carbocycles. The molecule has 17 heteroatoms. The van der Waals surface area contributed by atoms with Crippen LogP contribution in [0, 0.1) is 17.2 Å². The zero-order chi connectivity index (χ0) is 40.4. The van der Waals surface area contributed by atoms with Crippen LogP contribution in [-0.2, 0) is 31.8 Å². The zero-order valence-electron chi connectivity index (χ0n) is 31.7. The Morgan fingerprint density at radius 1 is 1.02 bits per heavy atom. The van der Waals surface area contributed by atoms with Gasteiger partial charge in [-0.25, -0.2) is 0 Å². The molecule has 0 bridgehead atoms. The number of anilines is 4. The average Bonchev–Trinajstić information content (AvgIpc) is 3.33. The largest absolute Gasteiger partial charge is 0.493 e. The molecule has 3 aromatic carbocycles. The highest BCUT2D eigenvalue weighted by Crippen LogP contribution is 2.43. The first-order valence-electron chi connectivity index (χ1n) is 18.5. The van der Waals surface area contributed by atoms with Crippen molar-refractivity contribution in [1.29, 1.82) is 5.26 Å². The number of nitrogens with one attached hydrogen (secondary N) is 3. The standard InChI is InChI=1S/C40H44F3N7O5S.ClH/c1-4-25-18-30(50-38(56)49(37(54)39(50,2)3)29-9-8-26(21-44)31(20-29)40(41,42)43)10-12-33(25)55-23-24-14-16-48(17-15-24)22-35(52)46-28-7-5-6-27(19-28)45-32-11-13-34(51)47-36(32)53;/h5-10,12,18-20,24,32,38,45,56H,4,11,13-17,22-23H2,1-3H3,(H,46,52)(H,47,51,53);1H. The third kappa shape index (κ3) is 9.60. The number of likely N-dealkylation sites (tertiary alicyclic amines) is 1. The van der Waals surface area contributed by atoms with Crippen LogP contribution in [0.5, 0.6) is 5.75 Å². The smallest absolute Gasteiger partial charge is 0.417 e. The third-order valence-electron chi connectivity index (χ3n) is 10.5. The lowest BCUT2D eigenvalue weighted by Crippen LogP contribution is -2.47. The van der Waals surface area contributed by atoms with E-state index in [9.17, 15) is 37.6 Å². The molecule has 0 aromatic heterocycles. The van der Waals surface area contributed by atoms with Gasteiger partial charge in [-0.05, 0) is 119 Å². The van der Waals surface area contributed by atoms with Gasteiger partial charge in [0.2, 0.25) is 17.7 Å². The van der Waals surface area contributed by atoms with Crippen LogP contribution in [0.3, 0.4) is 0 Å². The Labute approximate surface area is 340 Å². The maximum atomic E-state index is 13.8. The lowest BCUT2D eigenvalue weighted by Gasteiger charge is -2.34. The molecule has 3 aliphatic rings. The van der Waals surface area contributed by atoms with E-state index in [-0.39, 0.29) is 54.7 Å². The van der Waals surface area contributed by atoms with Gasteiger partial charge in [0.15, 0.2) is 5.50 Å². The molecular formula is C40H45ClF3N7O5S. The predicted molar refractivity (Wildman–Crippen MR) is 216 cm³/mol. The van der Waals surface area contributed by atoms with Crippen molar-refractivity contribution in [2.45, 2.75) is 76.1 Å². The molecule has 2 unspecified atom stereocenters. The number of carbonyl (C=O) groups is 4. The first kappa shape index (κ1) is 43.1. The summed E-state index contributed by atoms with van der Waals surface area (Å²) in [4.78, 5) is 55.3. The van der Waals surface area contributed by atoms with Crippen molar-refractivity contribution in [3.8, 4) is 11.8 Å². The molecule has 2 atom stereocenters. The number of piperidine rings is 2. The number of amides is 4. The Balaban J connectivity index is 0.00000620. The van der Waals surface area contributed by atoms with E-state index in [1.165, 1.54) is 11.0 Å². The van der Waals surface area contributed by atoms with Crippen molar-refractivity contribution in [2.24, 2.45) is 5.92 Å². The Kier molecular flexibility index (Phi) is 13.4. The van der Waals surface area contributed by atoms with Gasteiger partial charge in [-0.3, -0.25) is 34.3 Å². The summed E-state index contributed by atoms with van der Waals surface area (Å²) >= 11 is 4.72. The minimum atomic E-state index is -4.78. The molecule has 3 N–H and O–H groups in total. The molecule has 57 heavy (non-hydrogen) atoms. The highest BCUT2D eigenvalue weighted by atomic mass is 35.5. The fraction of sp³-hybridized carbons (Fsp3) is 0.425. The van der Waals surface area contributed by atoms with Gasteiger partial charge < -0.3 is 20.3 Å². The number of hydrogen-bond donors (Lipinski definition) is 4. The van der Waals surface area contributed by atoms with Crippen LogP contribution in [0.4, 0.5) is 35.9 Å². The molecule has 0 aliphatic carbocycles. The highest BCUT2D eigenvalue weighted by molar-refractivity contribution is 7.81. The monoisotopic (exact) mass is 827 g/mol. The van der Waals surface area contributed by atoms with Crippen LogP contribution in [0.25, 0.3) is 0 Å². The van der Waals surface area contributed by atoms with E-state index in [4.69, 9.17) is 17.4 Å².